The second-order valence-electron chi connectivity index (χ2n) is 5.52. The van der Waals surface area contributed by atoms with Gasteiger partial charge in [0.25, 0.3) is 0 Å². The van der Waals surface area contributed by atoms with Crippen molar-refractivity contribution in [2.45, 2.75) is 18.2 Å². The number of imidazole rings is 1. The molecule has 0 radical (unpaired) electrons. The average Bonchev–Trinajstić information content (AvgIpc) is 3.03. The number of anilines is 2. The Morgan fingerprint density at radius 3 is 2.68 bits per heavy atom. The SMILES string of the molecule is Cc1ccc(S(=O)(=O)NCCCNc2nc(N)nc3nc[nH]c23)cc1. The second-order valence-corrected chi connectivity index (χ2v) is 7.29. The molecule has 25 heavy (non-hydrogen) atoms. The minimum absolute atomic E-state index is 0.127. The maximum Gasteiger partial charge on any atom is 0.240 e. The third-order valence-electron chi connectivity index (χ3n) is 3.57. The summed E-state index contributed by atoms with van der Waals surface area (Å²) in [6.45, 7) is 2.73. The van der Waals surface area contributed by atoms with Crippen LogP contribution in [0.2, 0.25) is 0 Å². The van der Waals surface area contributed by atoms with Crippen molar-refractivity contribution in [3.63, 3.8) is 0 Å². The minimum atomic E-state index is -3.49. The second kappa shape index (κ2) is 7.03. The zero-order valence-corrected chi connectivity index (χ0v) is 14.5. The lowest BCUT2D eigenvalue weighted by atomic mass is 10.2. The zero-order chi connectivity index (χ0) is 17.9. The first kappa shape index (κ1) is 17.1. The summed E-state index contributed by atoms with van der Waals surface area (Å²) >= 11 is 0. The Bertz CT molecular complexity index is 967. The van der Waals surface area contributed by atoms with Crippen LogP contribution >= 0.6 is 0 Å². The summed E-state index contributed by atoms with van der Waals surface area (Å²) in [4.78, 5) is 15.4. The molecule has 1 aromatic carbocycles. The lowest BCUT2D eigenvalue weighted by Crippen LogP contribution is -2.26. The highest BCUT2D eigenvalue weighted by Gasteiger charge is 2.13. The van der Waals surface area contributed by atoms with Crippen molar-refractivity contribution >= 4 is 33.0 Å². The maximum atomic E-state index is 12.2. The molecule has 0 saturated heterocycles. The number of nitrogen functional groups attached to an aromatic ring is 1. The summed E-state index contributed by atoms with van der Waals surface area (Å²) in [5.41, 5.74) is 7.79. The van der Waals surface area contributed by atoms with Crippen molar-refractivity contribution in [1.82, 2.24) is 24.7 Å². The van der Waals surface area contributed by atoms with E-state index in [1.807, 2.05) is 6.92 Å². The van der Waals surface area contributed by atoms with E-state index in [0.717, 1.165) is 5.56 Å². The van der Waals surface area contributed by atoms with E-state index in [2.05, 4.69) is 30.0 Å². The number of nitrogens with one attached hydrogen (secondary N) is 3. The van der Waals surface area contributed by atoms with E-state index in [-0.39, 0.29) is 10.8 Å². The molecule has 132 valence electrons. The van der Waals surface area contributed by atoms with Crippen molar-refractivity contribution in [3.05, 3.63) is 36.2 Å². The predicted octanol–water partition coefficient (Wildman–Crippen LogP) is 1.02. The van der Waals surface area contributed by atoms with Crippen LogP contribution in [-0.4, -0.2) is 41.4 Å². The smallest absolute Gasteiger partial charge is 0.240 e. The molecule has 2 aromatic heterocycles. The number of nitrogens with zero attached hydrogens (tertiary/aromatic N) is 3. The van der Waals surface area contributed by atoms with E-state index in [9.17, 15) is 8.42 Å². The molecule has 3 aromatic rings. The summed E-state index contributed by atoms with van der Waals surface area (Å²) in [6, 6.07) is 6.72. The van der Waals surface area contributed by atoms with Crippen molar-refractivity contribution in [2.24, 2.45) is 0 Å². The van der Waals surface area contributed by atoms with Gasteiger partial charge in [0.15, 0.2) is 11.5 Å². The van der Waals surface area contributed by atoms with E-state index in [0.29, 0.717) is 36.5 Å². The summed E-state index contributed by atoms with van der Waals surface area (Å²) in [7, 11) is -3.49. The summed E-state index contributed by atoms with van der Waals surface area (Å²) in [6.07, 6.45) is 2.09. The first-order chi connectivity index (χ1) is 12.0. The van der Waals surface area contributed by atoms with Gasteiger partial charge >= 0.3 is 0 Å². The number of rotatable bonds is 7. The molecule has 0 aliphatic rings. The number of hydrogen-bond acceptors (Lipinski definition) is 7. The van der Waals surface area contributed by atoms with E-state index in [1.54, 1.807) is 24.3 Å². The number of aromatic nitrogens is 4. The average molecular weight is 361 g/mol. The Balaban J connectivity index is 1.53. The number of aromatic amines is 1. The molecule has 0 bridgehead atoms. The Morgan fingerprint density at radius 2 is 1.92 bits per heavy atom. The number of sulfonamides is 1. The van der Waals surface area contributed by atoms with Crippen molar-refractivity contribution in [3.8, 4) is 0 Å². The molecule has 0 atom stereocenters. The molecule has 10 heteroatoms. The van der Waals surface area contributed by atoms with Crippen LogP contribution in [0.15, 0.2) is 35.5 Å². The molecular formula is C15H19N7O2S. The molecule has 0 spiro atoms. The Labute approximate surface area is 145 Å². The highest BCUT2D eigenvalue weighted by Crippen LogP contribution is 2.17. The number of hydrogen-bond donors (Lipinski definition) is 4. The molecule has 2 heterocycles. The van der Waals surface area contributed by atoms with Crippen LogP contribution in [0.1, 0.15) is 12.0 Å². The Kier molecular flexibility index (Phi) is 4.81. The van der Waals surface area contributed by atoms with Crippen LogP contribution in [0.5, 0.6) is 0 Å². The molecule has 0 saturated carbocycles. The topological polar surface area (TPSA) is 139 Å². The van der Waals surface area contributed by atoms with Crippen LogP contribution in [0.25, 0.3) is 11.2 Å². The van der Waals surface area contributed by atoms with Crippen molar-refractivity contribution < 1.29 is 8.42 Å². The molecule has 0 unspecified atom stereocenters. The number of fused-ring (bicyclic) bond motifs is 1. The summed E-state index contributed by atoms with van der Waals surface area (Å²) in [5, 5.41) is 3.11. The van der Waals surface area contributed by atoms with Gasteiger partial charge in [0.1, 0.15) is 5.52 Å². The van der Waals surface area contributed by atoms with Crippen LogP contribution in [0.4, 0.5) is 11.8 Å². The molecular weight excluding hydrogens is 342 g/mol. The number of H-pyrrole nitrogens is 1. The van der Waals surface area contributed by atoms with Crippen LogP contribution < -0.4 is 15.8 Å². The molecule has 0 fully saturated rings. The fourth-order valence-electron chi connectivity index (χ4n) is 2.28. The molecule has 0 amide bonds. The van der Waals surface area contributed by atoms with Crippen LogP contribution in [-0.2, 0) is 10.0 Å². The summed E-state index contributed by atoms with van der Waals surface area (Å²) < 4.78 is 26.9. The maximum absolute atomic E-state index is 12.2. The fraction of sp³-hybridized carbons (Fsp3) is 0.267. The minimum Gasteiger partial charge on any atom is -0.368 e. The first-order valence-electron chi connectivity index (χ1n) is 7.72. The van der Waals surface area contributed by atoms with Gasteiger partial charge in [-0.25, -0.2) is 18.1 Å². The van der Waals surface area contributed by atoms with E-state index in [1.165, 1.54) is 6.33 Å². The van der Waals surface area contributed by atoms with Gasteiger partial charge in [-0.1, -0.05) is 17.7 Å². The number of benzene rings is 1. The van der Waals surface area contributed by atoms with Crippen LogP contribution in [0.3, 0.4) is 0 Å². The largest absolute Gasteiger partial charge is 0.368 e. The quantitative estimate of drug-likeness (QED) is 0.461. The molecule has 9 nitrogen and oxygen atoms in total. The number of nitrogens with two attached hydrogens (primary N) is 1. The Hall–Kier alpha value is -2.72. The molecule has 3 rings (SSSR count). The van der Waals surface area contributed by atoms with Gasteiger partial charge in [0, 0.05) is 13.1 Å². The monoisotopic (exact) mass is 361 g/mol. The first-order valence-corrected chi connectivity index (χ1v) is 9.21. The van der Waals surface area contributed by atoms with Crippen molar-refractivity contribution in [2.75, 3.05) is 24.1 Å². The third kappa shape index (κ3) is 4.03. The van der Waals surface area contributed by atoms with Gasteiger partial charge in [-0.15, -0.1) is 0 Å². The lowest BCUT2D eigenvalue weighted by molar-refractivity contribution is 0.580. The molecule has 0 aliphatic heterocycles. The lowest BCUT2D eigenvalue weighted by Gasteiger charge is -2.09. The standard InChI is InChI=1S/C15H19N7O2S/c1-10-3-5-11(6-4-10)25(23,24)20-8-2-7-17-13-12-14(19-9-18-12)22-15(16)21-13/h3-6,9,20H,2,7-8H2,1H3,(H4,16,17,18,19,21,22). The van der Waals surface area contributed by atoms with Gasteiger partial charge in [0.2, 0.25) is 16.0 Å². The number of aryl methyl sites for hydroxylation is 1. The van der Waals surface area contributed by atoms with Crippen LogP contribution in [0, 0.1) is 6.92 Å². The summed E-state index contributed by atoms with van der Waals surface area (Å²) in [5.74, 6) is 0.670. The van der Waals surface area contributed by atoms with E-state index >= 15 is 0 Å². The van der Waals surface area contributed by atoms with Gasteiger partial charge in [0.05, 0.1) is 11.2 Å². The zero-order valence-electron chi connectivity index (χ0n) is 13.7. The Morgan fingerprint density at radius 1 is 1.16 bits per heavy atom. The van der Waals surface area contributed by atoms with E-state index < -0.39 is 10.0 Å². The van der Waals surface area contributed by atoms with Gasteiger partial charge in [-0.05, 0) is 25.5 Å². The predicted molar refractivity (Wildman–Crippen MR) is 95.6 cm³/mol. The van der Waals surface area contributed by atoms with Gasteiger partial charge in [-0.3, -0.25) is 0 Å². The van der Waals surface area contributed by atoms with Gasteiger partial charge < -0.3 is 16.0 Å². The highest BCUT2D eigenvalue weighted by molar-refractivity contribution is 7.89. The molecule has 5 N–H and O–H groups in total. The highest BCUT2D eigenvalue weighted by atomic mass is 32.2. The normalized spacial score (nSPS) is 11.7. The third-order valence-corrected chi connectivity index (χ3v) is 5.05. The fourth-order valence-corrected chi connectivity index (χ4v) is 3.35. The van der Waals surface area contributed by atoms with Crippen molar-refractivity contribution in [1.29, 1.82) is 0 Å². The van der Waals surface area contributed by atoms with Gasteiger partial charge in [-0.2, -0.15) is 9.97 Å². The van der Waals surface area contributed by atoms with E-state index in [4.69, 9.17) is 5.73 Å². The molecule has 0 aliphatic carbocycles.